The average Bonchev–Trinajstić information content (AvgIpc) is 2.54. The number of nitrogens with zero attached hydrogens (tertiary/aromatic N) is 1. The molecule has 4 heteroatoms. The van der Waals surface area contributed by atoms with Crippen molar-refractivity contribution in [3.63, 3.8) is 0 Å². The van der Waals surface area contributed by atoms with Crippen LogP contribution >= 0.6 is 11.6 Å². The third-order valence-electron chi connectivity index (χ3n) is 2.54. The van der Waals surface area contributed by atoms with Gasteiger partial charge in [-0.25, -0.2) is 0 Å². The van der Waals surface area contributed by atoms with Gasteiger partial charge in [-0.05, 0) is 18.2 Å². The van der Waals surface area contributed by atoms with E-state index in [0.717, 1.165) is 27.4 Å². The summed E-state index contributed by atoms with van der Waals surface area (Å²) in [5.41, 5.74) is 2.75. The summed E-state index contributed by atoms with van der Waals surface area (Å²) in [5, 5.41) is 2.91. The highest BCUT2D eigenvalue weighted by atomic mass is 35.5. The van der Waals surface area contributed by atoms with Crippen LogP contribution in [-0.4, -0.2) is 12.8 Å². The summed E-state index contributed by atoms with van der Waals surface area (Å²) in [6.45, 7) is 0. The van der Waals surface area contributed by atoms with E-state index in [9.17, 15) is 0 Å². The van der Waals surface area contributed by atoms with Crippen molar-refractivity contribution >= 4 is 46.8 Å². The van der Waals surface area contributed by atoms with Crippen LogP contribution < -0.4 is 5.46 Å². The summed E-state index contributed by atoms with van der Waals surface area (Å²) < 4.78 is 5.67. The minimum Gasteiger partial charge on any atom is -0.454 e. The van der Waals surface area contributed by atoms with Crippen LogP contribution in [0.2, 0.25) is 5.02 Å². The van der Waals surface area contributed by atoms with Crippen molar-refractivity contribution < 1.29 is 4.42 Å². The Kier molecular flexibility index (Phi) is 1.76. The monoisotopic (exact) mass is 215 g/mol. The number of fused-ring (bicyclic) bond motifs is 3. The van der Waals surface area contributed by atoms with Gasteiger partial charge < -0.3 is 4.42 Å². The summed E-state index contributed by atoms with van der Waals surface area (Å²) in [7, 11) is 2.03. The lowest BCUT2D eigenvalue weighted by atomic mass is 9.91. The number of benzene rings is 1. The molecule has 2 heterocycles. The molecule has 3 rings (SSSR count). The van der Waals surface area contributed by atoms with Gasteiger partial charge in [-0.1, -0.05) is 17.1 Å². The zero-order valence-electron chi connectivity index (χ0n) is 8.12. The van der Waals surface area contributed by atoms with Crippen molar-refractivity contribution in [2.75, 3.05) is 0 Å². The third kappa shape index (κ3) is 1.23. The minimum absolute atomic E-state index is 0.701. The van der Waals surface area contributed by atoms with E-state index in [4.69, 9.17) is 16.0 Å². The van der Waals surface area contributed by atoms with Crippen molar-refractivity contribution in [3.05, 3.63) is 35.6 Å². The molecule has 2 aromatic heterocycles. The predicted octanol–water partition coefficient (Wildman–Crippen LogP) is 1.89. The molecule has 3 aromatic rings. The average molecular weight is 215 g/mol. The smallest absolute Gasteiger partial charge is 0.153 e. The Balaban J connectivity index is 2.61. The molecule has 0 fully saturated rings. The van der Waals surface area contributed by atoms with Gasteiger partial charge in [0.05, 0.1) is 6.20 Å². The zero-order chi connectivity index (χ0) is 10.4. The first kappa shape index (κ1) is 8.80. The van der Waals surface area contributed by atoms with E-state index in [1.807, 2.05) is 26.0 Å². The van der Waals surface area contributed by atoms with Crippen LogP contribution in [-0.2, 0) is 0 Å². The Labute approximate surface area is 92.3 Å². The van der Waals surface area contributed by atoms with Crippen molar-refractivity contribution in [2.45, 2.75) is 0 Å². The largest absolute Gasteiger partial charge is 0.454 e. The summed E-state index contributed by atoms with van der Waals surface area (Å²) in [4.78, 5) is 4.03. The molecule has 0 unspecified atom stereocenters. The quantitative estimate of drug-likeness (QED) is 0.535. The number of hydrogen-bond acceptors (Lipinski definition) is 2. The molecule has 0 atom stereocenters. The molecule has 0 saturated carbocycles. The lowest BCUT2D eigenvalue weighted by Gasteiger charge is -1.96. The van der Waals surface area contributed by atoms with Gasteiger partial charge in [0.15, 0.2) is 5.58 Å². The number of aromatic nitrogens is 1. The van der Waals surface area contributed by atoms with Crippen molar-refractivity contribution in [1.29, 1.82) is 0 Å². The number of rotatable bonds is 0. The molecule has 0 aliphatic heterocycles. The maximum Gasteiger partial charge on any atom is 0.153 e. The molecule has 0 radical (unpaired) electrons. The lowest BCUT2D eigenvalue weighted by Crippen LogP contribution is -2.01. The second-order valence-corrected chi connectivity index (χ2v) is 4.01. The van der Waals surface area contributed by atoms with E-state index >= 15 is 0 Å². The molecule has 2 nitrogen and oxygen atoms in total. The van der Waals surface area contributed by atoms with E-state index in [0.29, 0.717) is 5.02 Å². The Bertz CT molecular complexity index is 662. The Morgan fingerprint density at radius 1 is 1.27 bits per heavy atom. The van der Waals surface area contributed by atoms with E-state index in [1.54, 1.807) is 12.4 Å². The number of halogens is 1. The zero-order valence-corrected chi connectivity index (χ0v) is 8.88. The van der Waals surface area contributed by atoms with Crippen molar-refractivity contribution in [1.82, 2.24) is 4.98 Å². The van der Waals surface area contributed by atoms with Gasteiger partial charge in [-0.2, -0.15) is 0 Å². The normalized spacial score (nSPS) is 11.3. The van der Waals surface area contributed by atoms with Crippen LogP contribution in [0.25, 0.3) is 21.9 Å². The number of hydrogen-bond donors (Lipinski definition) is 0. The van der Waals surface area contributed by atoms with E-state index in [-0.39, 0.29) is 0 Å². The molecule has 0 bridgehead atoms. The lowest BCUT2D eigenvalue weighted by molar-refractivity contribution is 0.667. The molecule has 15 heavy (non-hydrogen) atoms. The van der Waals surface area contributed by atoms with Gasteiger partial charge in [0, 0.05) is 22.0 Å². The van der Waals surface area contributed by atoms with Crippen molar-refractivity contribution in [2.24, 2.45) is 0 Å². The SMILES string of the molecule is Bc1cc(Cl)cc2oc3cnccc3c12. The van der Waals surface area contributed by atoms with Crippen LogP contribution in [0, 0.1) is 0 Å². The molecule has 0 aliphatic rings. The van der Waals surface area contributed by atoms with Gasteiger partial charge in [-0.15, -0.1) is 0 Å². The summed E-state index contributed by atoms with van der Waals surface area (Å²) in [6, 6.07) is 5.74. The predicted molar refractivity (Wildman–Crippen MR) is 64.7 cm³/mol. The molecule has 1 aromatic carbocycles. The standard InChI is InChI=1S/C11H7BClNO/c12-8-3-6(13)4-9-11(8)7-1-2-14-5-10(7)15-9/h1-5H,12H2. The van der Waals surface area contributed by atoms with Gasteiger partial charge in [-0.3, -0.25) is 4.98 Å². The highest BCUT2D eigenvalue weighted by molar-refractivity contribution is 6.43. The summed E-state index contributed by atoms with van der Waals surface area (Å²) in [5.74, 6) is 0. The maximum atomic E-state index is 5.98. The molecule has 0 aliphatic carbocycles. The Morgan fingerprint density at radius 2 is 2.13 bits per heavy atom. The van der Waals surface area contributed by atoms with E-state index in [1.165, 1.54) is 0 Å². The number of furan rings is 1. The second-order valence-electron chi connectivity index (χ2n) is 3.57. The first-order chi connectivity index (χ1) is 7.25. The molecule has 0 amide bonds. The Morgan fingerprint density at radius 3 is 3.00 bits per heavy atom. The van der Waals surface area contributed by atoms with Crippen molar-refractivity contribution in [3.8, 4) is 0 Å². The van der Waals surface area contributed by atoms with Crippen LogP contribution in [0.3, 0.4) is 0 Å². The van der Waals surface area contributed by atoms with Gasteiger partial charge >= 0.3 is 0 Å². The summed E-state index contributed by atoms with van der Waals surface area (Å²) in [6.07, 6.45) is 3.49. The first-order valence-corrected chi connectivity index (χ1v) is 5.06. The van der Waals surface area contributed by atoms with E-state index < -0.39 is 0 Å². The van der Waals surface area contributed by atoms with Gasteiger partial charge in [0.2, 0.25) is 0 Å². The fraction of sp³-hybridized carbons (Fsp3) is 0. The molecule has 0 N–H and O–H groups in total. The van der Waals surface area contributed by atoms with Crippen LogP contribution in [0.4, 0.5) is 0 Å². The fourth-order valence-electron chi connectivity index (χ4n) is 1.92. The highest BCUT2D eigenvalue weighted by Crippen LogP contribution is 2.27. The molecule has 0 saturated heterocycles. The van der Waals surface area contributed by atoms with Gasteiger partial charge in [0.1, 0.15) is 13.4 Å². The molecular formula is C11H7BClNO. The van der Waals surface area contributed by atoms with Crippen LogP contribution in [0.1, 0.15) is 0 Å². The van der Waals surface area contributed by atoms with Crippen LogP contribution in [0.15, 0.2) is 35.0 Å². The van der Waals surface area contributed by atoms with Crippen LogP contribution in [0.5, 0.6) is 0 Å². The molecule has 0 spiro atoms. The molecule has 72 valence electrons. The Hall–Kier alpha value is -1.48. The molecular weight excluding hydrogens is 208 g/mol. The van der Waals surface area contributed by atoms with Gasteiger partial charge in [0.25, 0.3) is 0 Å². The number of pyridine rings is 1. The third-order valence-corrected chi connectivity index (χ3v) is 2.76. The second kappa shape index (κ2) is 3.01. The topological polar surface area (TPSA) is 26.0 Å². The first-order valence-electron chi connectivity index (χ1n) is 4.68. The fourth-order valence-corrected chi connectivity index (χ4v) is 2.19. The minimum atomic E-state index is 0.701. The summed E-state index contributed by atoms with van der Waals surface area (Å²) >= 11 is 5.98. The maximum absolute atomic E-state index is 5.98. The highest BCUT2D eigenvalue weighted by Gasteiger charge is 2.09. The van der Waals surface area contributed by atoms with E-state index in [2.05, 4.69) is 4.98 Å².